The predicted octanol–water partition coefficient (Wildman–Crippen LogP) is 7.10. The Hall–Kier alpha value is -3.55. The monoisotopic (exact) mass is 487 g/mol. The molecule has 1 heterocycles. The van der Waals surface area contributed by atoms with Gasteiger partial charge in [-0.25, -0.2) is 4.98 Å². The lowest BCUT2D eigenvalue weighted by molar-refractivity contribution is -0.138. The second-order valence-corrected chi connectivity index (χ2v) is 8.14. The molecule has 0 fully saturated rings. The molecule has 0 aliphatic heterocycles. The van der Waals surface area contributed by atoms with Gasteiger partial charge in [-0.2, -0.15) is 13.2 Å². The van der Waals surface area contributed by atoms with Gasteiger partial charge in [0.15, 0.2) is 0 Å². The second-order valence-electron chi connectivity index (χ2n) is 8.14. The van der Waals surface area contributed by atoms with Crippen LogP contribution in [0.15, 0.2) is 60.7 Å². The van der Waals surface area contributed by atoms with Crippen LogP contribution < -0.4 is 9.47 Å². The summed E-state index contributed by atoms with van der Waals surface area (Å²) in [5, 5.41) is 8.95. The summed E-state index contributed by atoms with van der Waals surface area (Å²) in [7, 11) is 1.52. The molecular weight excluding hydrogens is 459 g/mol. The smallest absolute Gasteiger partial charge is 0.416 e. The normalized spacial score (nSPS) is 12.3. The van der Waals surface area contributed by atoms with E-state index in [9.17, 15) is 18.0 Å². The van der Waals surface area contributed by atoms with Gasteiger partial charge in [0.05, 0.1) is 24.1 Å². The molecule has 1 atom stereocenters. The van der Waals surface area contributed by atoms with Gasteiger partial charge in [0.25, 0.3) is 0 Å². The van der Waals surface area contributed by atoms with Crippen molar-refractivity contribution >= 4 is 5.97 Å². The third kappa shape index (κ3) is 7.21. The van der Waals surface area contributed by atoms with E-state index in [0.717, 1.165) is 30.5 Å². The quantitative estimate of drug-likeness (QED) is 0.312. The van der Waals surface area contributed by atoms with Gasteiger partial charge >= 0.3 is 12.1 Å². The number of benzene rings is 2. The molecule has 0 radical (unpaired) electrons. The van der Waals surface area contributed by atoms with Crippen molar-refractivity contribution < 1.29 is 32.5 Å². The molecule has 1 N–H and O–H groups in total. The van der Waals surface area contributed by atoms with E-state index in [1.54, 1.807) is 24.3 Å². The minimum atomic E-state index is -4.39. The number of halogens is 3. The van der Waals surface area contributed by atoms with Crippen molar-refractivity contribution in [1.82, 2.24) is 4.98 Å². The fourth-order valence-electron chi connectivity index (χ4n) is 3.69. The Balaban J connectivity index is 1.85. The van der Waals surface area contributed by atoms with Crippen molar-refractivity contribution in [2.45, 2.75) is 51.3 Å². The highest BCUT2D eigenvalue weighted by atomic mass is 19.4. The summed E-state index contributed by atoms with van der Waals surface area (Å²) in [6.07, 6.45) is -1.88. The zero-order valence-corrected chi connectivity index (χ0v) is 19.6. The van der Waals surface area contributed by atoms with Gasteiger partial charge in [-0.15, -0.1) is 0 Å². The molecule has 0 aliphatic carbocycles. The van der Waals surface area contributed by atoms with Gasteiger partial charge in [0, 0.05) is 18.1 Å². The van der Waals surface area contributed by atoms with E-state index < -0.39 is 17.7 Å². The van der Waals surface area contributed by atoms with Crippen LogP contribution in [0.1, 0.15) is 55.5 Å². The molecule has 2 aromatic carbocycles. The molecule has 0 saturated carbocycles. The second kappa shape index (κ2) is 11.7. The third-order valence-electron chi connectivity index (χ3n) is 5.57. The number of carboxylic acids is 1. The number of aryl methyl sites for hydroxylation is 1. The Bertz CT molecular complexity index is 1130. The van der Waals surface area contributed by atoms with Crippen LogP contribution in [0.4, 0.5) is 13.2 Å². The average molecular weight is 488 g/mol. The molecule has 0 spiro atoms. The Labute approximate surface area is 202 Å². The molecule has 0 aliphatic rings. The number of pyridine rings is 1. The number of carbonyl (C=O) groups is 1. The number of nitrogens with zero attached hydrogens (tertiary/aromatic N) is 1. The molecule has 0 amide bonds. The van der Waals surface area contributed by atoms with E-state index in [2.05, 4.69) is 6.92 Å². The number of aliphatic carboxylic acids is 1. The average Bonchev–Trinajstić information content (AvgIpc) is 2.85. The van der Waals surface area contributed by atoms with Crippen LogP contribution in [0.25, 0.3) is 11.3 Å². The highest BCUT2D eigenvalue weighted by Crippen LogP contribution is 2.33. The van der Waals surface area contributed by atoms with E-state index in [1.165, 1.54) is 19.2 Å². The maximum atomic E-state index is 12.9. The van der Waals surface area contributed by atoms with Crippen LogP contribution in [-0.4, -0.2) is 23.2 Å². The number of unbranched alkanes of at least 4 members (excludes halogenated alkanes) is 1. The first-order valence-electron chi connectivity index (χ1n) is 11.4. The lowest BCUT2D eigenvalue weighted by atomic mass is 10.0. The molecule has 0 unspecified atom stereocenters. The number of alkyl halides is 3. The summed E-state index contributed by atoms with van der Waals surface area (Å²) in [6, 6.07) is 15.6. The standard InChI is InChI=1S/C27H28F3NO4/c1-3-4-8-24(35-21-15-11-19(12-16-26(32)33)25(17-21)34-2)23-7-5-6-22(31-23)18-9-13-20(14-10-18)27(28,29)30/h5-7,9-11,13-15,17,24H,3-4,8,12,16H2,1-2H3,(H,32,33)/t24-/m1/s1. The first kappa shape index (κ1) is 26.1. The molecule has 3 rings (SSSR count). The third-order valence-corrected chi connectivity index (χ3v) is 5.57. The molecule has 186 valence electrons. The summed E-state index contributed by atoms with van der Waals surface area (Å²) >= 11 is 0. The zero-order valence-electron chi connectivity index (χ0n) is 19.6. The zero-order chi connectivity index (χ0) is 25.4. The minimum Gasteiger partial charge on any atom is -0.496 e. The Morgan fingerprint density at radius 1 is 1.09 bits per heavy atom. The first-order valence-corrected chi connectivity index (χ1v) is 11.4. The molecule has 8 heteroatoms. The van der Waals surface area contributed by atoms with Crippen LogP contribution in [0.3, 0.4) is 0 Å². The van der Waals surface area contributed by atoms with Gasteiger partial charge in [0.1, 0.15) is 17.6 Å². The summed E-state index contributed by atoms with van der Waals surface area (Å²) in [6.45, 7) is 2.07. The molecule has 0 bridgehead atoms. The maximum absolute atomic E-state index is 12.9. The van der Waals surface area contributed by atoms with Crippen molar-refractivity contribution in [2.75, 3.05) is 7.11 Å². The predicted molar refractivity (Wildman–Crippen MR) is 127 cm³/mol. The SMILES string of the molecule is CCCC[C@@H](Oc1ccc(CCC(=O)O)c(OC)c1)c1cccc(-c2ccc(C(F)(F)F)cc2)n1. The Kier molecular flexibility index (Phi) is 8.73. The molecule has 0 saturated heterocycles. The van der Waals surface area contributed by atoms with Crippen molar-refractivity contribution in [3.63, 3.8) is 0 Å². The summed E-state index contributed by atoms with van der Waals surface area (Å²) in [5.74, 6) is 0.222. The van der Waals surface area contributed by atoms with Gasteiger partial charge < -0.3 is 14.6 Å². The van der Waals surface area contributed by atoms with Crippen molar-refractivity contribution in [2.24, 2.45) is 0 Å². The van der Waals surface area contributed by atoms with Crippen molar-refractivity contribution in [1.29, 1.82) is 0 Å². The minimum absolute atomic E-state index is 0.00362. The van der Waals surface area contributed by atoms with Gasteiger partial charge in [0.2, 0.25) is 0 Å². The van der Waals surface area contributed by atoms with E-state index >= 15 is 0 Å². The van der Waals surface area contributed by atoms with Crippen molar-refractivity contribution in [3.8, 4) is 22.8 Å². The molecule has 3 aromatic rings. The van der Waals surface area contributed by atoms with Gasteiger partial charge in [-0.1, -0.05) is 37.6 Å². The summed E-state index contributed by atoms with van der Waals surface area (Å²) in [5.41, 5.74) is 1.88. The highest BCUT2D eigenvalue weighted by molar-refractivity contribution is 5.67. The lowest BCUT2D eigenvalue weighted by Crippen LogP contribution is -2.10. The largest absolute Gasteiger partial charge is 0.496 e. The van der Waals surface area contributed by atoms with Crippen LogP contribution in [0, 0.1) is 0 Å². The van der Waals surface area contributed by atoms with Crippen LogP contribution in [0.5, 0.6) is 11.5 Å². The van der Waals surface area contributed by atoms with Crippen LogP contribution in [-0.2, 0) is 17.4 Å². The van der Waals surface area contributed by atoms with E-state index in [1.807, 2.05) is 12.1 Å². The van der Waals surface area contributed by atoms with Gasteiger partial charge in [-0.3, -0.25) is 4.79 Å². The topological polar surface area (TPSA) is 68.7 Å². The van der Waals surface area contributed by atoms with Crippen LogP contribution in [0.2, 0.25) is 0 Å². The molecular formula is C27H28F3NO4. The first-order chi connectivity index (χ1) is 16.7. The number of rotatable bonds is 11. The van der Waals surface area contributed by atoms with E-state index in [4.69, 9.17) is 19.6 Å². The van der Waals surface area contributed by atoms with Crippen molar-refractivity contribution in [3.05, 3.63) is 77.5 Å². The van der Waals surface area contributed by atoms with E-state index in [-0.39, 0.29) is 12.5 Å². The number of ether oxygens (including phenoxy) is 2. The summed E-state index contributed by atoms with van der Waals surface area (Å²) in [4.78, 5) is 15.6. The van der Waals surface area contributed by atoms with Crippen LogP contribution >= 0.6 is 0 Å². The molecule has 1 aromatic heterocycles. The molecule has 5 nitrogen and oxygen atoms in total. The lowest BCUT2D eigenvalue weighted by Gasteiger charge is -2.20. The number of methoxy groups -OCH3 is 1. The fraction of sp³-hybridized carbons (Fsp3) is 0.333. The summed E-state index contributed by atoms with van der Waals surface area (Å²) < 4.78 is 50.4. The number of aromatic nitrogens is 1. The number of hydrogen-bond acceptors (Lipinski definition) is 4. The van der Waals surface area contributed by atoms with E-state index in [0.29, 0.717) is 41.3 Å². The molecule has 35 heavy (non-hydrogen) atoms. The Morgan fingerprint density at radius 2 is 1.83 bits per heavy atom. The number of hydrogen-bond donors (Lipinski definition) is 1. The highest BCUT2D eigenvalue weighted by Gasteiger charge is 2.30. The Morgan fingerprint density at radius 3 is 2.46 bits per heavy atom. The number of carboxylic acid groups (broad SMARTS) is 1. The maximum Gasteiger partial charge on any atom is 0.416 e. The fourth-order valence-corrected chi connectivity index (χ4v) is 3.69. The van der Waals surface area contributed by atoms with Gasteiger partial charge in [-0.05, 0) is 55.2 Å².